The van der Waals surface area contributed by atoms with Gasteiger partial charge in [-0.3, -0.25) is 4.79 Å². The second-order valence-corrected chi connectivity index (χ2v) is 6.55. The van der Waals surface area contributed by atoms with Gasteiger partial charge in [0.25, 0.3) is 5.91 Å². The smallest absolute Gasteiger partial charge is 0.416 e. The number of hydrogen-bond donors (Lipinski definition) is 1. The number of amides is 1. The zero-order valence-corrected chi connectivity index (χ0v) is 15.1. The number of rotatable bonds is 4. The molecule has 1 aromatic carbocycles. The Bertz CT molecular complexity index is 951. The van der Waals surface area contributed by atoms with Crippen molar-refractivity contribution >= 4 is 22.9 Å². The SMILES string of the molecule is COc1ccc(NC(=O)c2sc(-c3ccc(C(F)(F)F)cc3)nc2C)cn1. The van der Waals surface area contributed by atoms with Gasteiger partial charge in [0.2, 0.25) is 5.88 Å². The predicted octanol–water partition coefficient (Wildman–Crippen LogP) is 4.79. The number of ether oxygens (including phenoxy) is 1. The van der Waals surface area contributed by atoms with E-state index in [1.807, 2.05) is 0 Å². The van der Waals surface area contributed by atoms with Gasteiger partial charge in [0.1, 0.15) is 9.88 Å². The minimum atomic E-state index is -4.39. The highest BCUT2D eigenvalue weighted by Gasteiger charge is 2.30. The average Bonchev–Trinajstić information content (AvgIpc) is 3.03. The summed E-state index contributed by atoms with van der Waals surface area (Å²) in [6.45, 7) is 1.67. The number of nitrogens with one attached hydrogen (secondary N) is 1. The number of aromatic nitrogens is 2. The first-order valence-electron chi connectivity index (χ1n) is 7.74. The van der Waals surface area contributed by atoms with E-state index in [0.717, 1.165) is 23.5 Å². The van der Waals surface area contributed by atoms with Gasteiger partial charge < -0.3 is 10.1 Å². The molecule has 140 valence electrons. The Morgan fingerprint density at radius 2 is 1.85 bits per heavy atom. The van der Waals surface area contributed by atoms with Gasteiger partial charge in [-0.15, -0.1) is 11.3 Å². The quantitative estimate of drug-likeness (QED) is 0.692. The van der Waals surface area contributed by atoms with Crippen LogP contribution in [0.25, 0.3) is 10.6 Å². The molecule has 0 saturated carbocycles. The van der Waals surface area contributed by atoms with Gasteiger partial charge >= 0.3 is 6.18 Å². The maximum atomic E-state index is 12.7. The lowest BCUT2D eigenvalue weighted by molar-refractivity contribution is -0.137. The number of pyridine rings is 1. The fourth-order valence-electron chi connectivity index (χ4n) is 2.30. The maximum Gasteiger partial charge on any atom is 0.416 e. The van der Waals surface area contributed by atoms with Crippen LogP contribution in [0.15, 0.2) is 42.6 Å². The number of halogens is 3. The lowest BCUT2D eigenvalue weighted by atomic mass is 10.1. The third-order valence-corrected chi connectivity index (χ3v) is 4.87. The number of thiazole rings is 1. The molecule has 3 rings (SSSR count). The van der Waals surface area contributed by atoms with Crippen molar-refractivity contribution in [3.05, 3.63) is 58.7 Å². The van der Waals surface area contributed by atoms with E-state index in [1.54, 1.807) is 19.1 Å². The fourth-order valence-corrected chi connectivity index (χ4v) is 3.26. The highest BCUT2D eigenvalue weighted by atomic mass is 32.1. The van der Waals surface area contributed by atoms with Crippen molar-refractivity contribution in [1.82, 2.24) is 9.97 Å². The summed E-state index contributed by atoms with van der Waals surface area (Å²) in [6, 6.07) is 7.94. The van der Waals surface area contributed by atoms with E-state index < -0.39 is 11.7 Å². The van der Waals surface area contributed by atoms with Crippen molar-refractivity contribution in [2.75, 3.05) is 12.4 Å². The second kappa shape index (κ2) is 7.36. The fraction of sp³-hybridized carbons (Fsp3) is 0.167. The van der Waals surface area contributed by atoms with Gasteiger partial charge in [0.05, 0.1) is 30.3 Å². The molecular weight excluding hydrogens is 379 g/mol. The summed E-state index contributed by atoms with van der Waals surface area (Å²) < 4.78 is 43.0. The van der Waals surface area contributed by atoms with Crippen LogP contribution in [0.2, 0.25) is 0 Å². The maximum absolute atomic E-state index is 12.7. The Balaban J connectivity index is 1.80. The van der Waals surface area contributed by atoms with Crippen LogP contribution in [-0.4, -0.2) is 23.0 Å². The Kier molecular flexibility index (Phi) is 5.13. The van der Waals surface area contributed by atoms with E-state index in [1.165, 1.54) is 25.4 Å². The minimum absolute atomic E-state index is 0.366. The lowest BCUT2D eigenvalue weighted by Crippen LogP contribution is -2.11. The number of carbonyl (C=O) groups excluding carboxylic acids is 1. The molecule has 3 aromatic rings. The summed E-state index contributed by atoms with van der Waals surface area (Å²) in [5.41, 5.74) is 0.768. The lowest BCUT2D eigenvalue weighted by Gasteiger charge is -2.06. The van der Waals surface area contributed by atoms with E-state index in [2.05, 4.69) is 15.3 Å². The molecule has 0 bridgehead atoms. The number of methoxy groups -OCH3 is 1. The number of aryl methyl sites for hydroxylation is 1. The summed E-state index contributed by atoms with van der Waals surface area (Å²) >= 11 is 1.11. The van der Waals surface area contributed by atoms with Crippen LogP contribution in [0.3, 0.4) is 0 Å². The van der Waals surface area contributed by atoms with E-state index in [4.69, 9.17) is 4.74 Å². The first-order valence-corrected chi connectivity index (χ1v) is 8.56. The van der Waals surface area contributed by atoms with Crippen LogP contribution < -0.4 is 10.1 Å². The number of alkyl halides is 3. The summed E-state index contributed by atoms with van der Waals surface area (Å²) in [7, 11) is 1.49. The monoisotopic (exact) mass is 393 g/mol. The number of benzene rings is 1. The van der Waals surface area contributed by atoms with Crippen LogP contribution in [0.1, 0.15) is 20.9 Å². The average molecular weight is 393 g/mol. The van der Waals surface area contributed by atoms with E-state index >= 15 is 0 Å². The largest absolute Gasteiger partial charge is 0.481 e. The molecule has 0 saturated heterocycles. The van der Waals surface area contributed by atoms with Crippen molar-refractivity contribution in [3.63, 3.8) is 0 Å². The number of hydrogen-bond acceptors (Lipinski definition) is 5. The van der Waals surface area contributed by atoms with E-state index in [9.17, 15) is 18.0 Å². The summed E-state index contributed by atoms with van der Waals surface area (Å²) in [5, 5.41) is 3.18. The molecule has 0 spiro atoms. The molecule has 2 heterocycles. The molecule has 0 aliphatic heterocycles. The molecule has 5 nitrogen and oxygen atoms in total. The minimum Gasteiger partial charge on any atom is -0.481 e. The first kappa shape index (κ1) is 18.8. The van der Waals surface area contributed by atoms with Gasteiger partial charge in [-0.1, -0.05) is 12.1 Å². The van der Waals surface area contributed by atoms with Gasteiger partial charge in [-0.25, -0.2) is 9.97 Å². The first-order chi connectivity index (χ1) is 12.8. The van der Waals surface area contributed by atoms with Gasteiger partial charge in [0, 0.05) is 11.6 Å². The Hall–Kier alpha value is -2.94. The molecule has 0 aliphatic carbocycles. The van der Waals surface area contributed by atoms with Gasteiger partial charge in [-0.05, 0) is 25.1 Å². The van der Waals surface area contributed by atoms with Crippen molar-refractivity contribution in [3.8, 4) is 16.5 Å². The Morgan fingerprint density at radius 1 is 1.15 bits per heavy atom. The molecule has 0 radical (unpaired) electrons. The second-order valence-electron chi connectivity index (χ2n) is 5.55. The number of carbonyl (C=O) groups is 1. The Morgan fingerprint density at radius 3 is 2.41 bits per heavy atom. The molecule has 2 aromatic heterocycles. The van der Waals surface area contributed by atoms with Crippen molar-refractivity contribution in [2.45, 2.75) is 13.1 Å². The van der Waals surface area contributed by atoms with Crippen LogP contribution in [0.5, 0.6) is 5.88 Å². The normalized spacial score (nSPS) is 11.3. The zero-order chi connectivity index (χ0) is 19.6. The highest BCUT2D eigenvalue weighted by molar-refractivity contribution is 7.17. The molecule has 1 N–H and O–H groups in total. The molecule has 1 amide bonds. The van der Waals surface area contributed by atoms with Crippen molar-refractivity contribution in [1.29, 1.82) is 0 Å². The van der Waals surface area contributed by atoms with E-state index in [-0.39, 0.29) is 5.91 Å². The topological polar surface area (TPSA) is 64.1 Å². The zero-order valence-electron chi connectivity index (χ0n) is 14.3. The molecule has 0 aliphatic rings. The number of nitrogens with zero attached hydrogens (tertiary/aromatic N) is 2. The van der Waals surface area contributed by atoms with Gasteiger partial charge in [0.15, 0.2) is 0 Å². The van der Waals surface area contributed by atoms with Crippen LogP contribution in [0, 0.1) is 6.92 Å². The van der Waals surface area contributed by atoms with Crippen LogP contribution >= 0.6 is 11.3 Å². The Labute approximate surface area is 156 Å². The van der Waals surface area contributed by atoms with E-state index in [0.29, 0.717) is 32.7 Å². The molecule has 0 unspecified atom stereocenters. The molecular formula is C18H14F3N3O2S. The van der Waals surface area contributed by atoms with Crippen molar-refractivity contribution in [2.24, 2.45) is 0 Å². The molecule has 0 fully saturated rings. The highest BCUT2D eigenvalue weighted by Crippen LogP contribution is 2.33. The third-order valence-electron chi connectivity index (χ3n) is 3.67. The van der Waals surface area contributed by atoms with Gasteiger partial charge in [-0.2, -0.15) is 13.2 Å². The van der Waals surface area contributed by atoms with Crippen LogP contribution in [-0.2, 0) is 6.18 Å². The predicted molar refractivity (Wildman–Crippen MR) is 96.0 cm³/mol. The standard InChI is InChI=1S/C18H14F3N3O2S/c1-10-15(16(25)24-13-7-8-14(26-2)22-9-13)27-17(23-10)11-3-5-12(6-4-11)18(19,20)21/h3-9H,1-2H3,(H,24,25). The number of anilines is 1. The summed E-state index contributed by atoms with van der Waals surface area (Å²) in [5.74, 6) is 0.0571. The molecule has 9 heteroatoms. The summed E-state index contributed by atoms with van der Waals surface area (Å²) in [6.07, 6.45) is -2.93. The molecule has 0 atom stereocenters. The van der Waals surface area contributed by atoms with Crippen molar-refractivity contribution < 1.29 is 22.7 Å². The summed E-state index contributed by atoms with van der Waals surface area (Å²) in [4.78, 5) is 21.2. The molecule has 27 heavy (non-hydrogen) atoms. The van der Waals surface area contributed by atoms with Crippen LogP contribution in [0.4, 0.5) is 18.9 Å². The third kappa shape index (κ3) is 4.25.